The zero-order chi connectivity index (χ0) is 12.3. The van der Waals surface area contributed by atoms with Gasteiger partial charge >= 0.3 is 0 Å². The molecule has 2 aromatic rings. The largest absolute Gasteiger partial charge is 0.359 e. The van der Waals surface area contributed by atoms with Crippen molar-refractivity contribution in [3.05, 3.63) is 18.6 Å². The molecule has 0 N–H and O–H groups in total. The minimum absolute atomic E-state index is 0.451. The number of ether oxygens (including phenoxy) is 1. The Labute approximate surface area is 102 Å². The Balaban J connectivity index is 1.91. The van der Waals surface area contributed by atoms with Gasteiger partial charge in [0.2, 0.25) is 0 Å². The minimum Gasteiger partial charge on any atom is -0.359 e. The highest BCUT2D eigenvalue weighted by molar-refractivity contribution is 6.76. The molecule has 17 heavy (non-hydrogen) atoms. The molecule has 0 spiro atoms. The number of rotatable bonds is 5. The smallest absolute Gasteiger partial charge is 0.179 e. The van der Waals surface area contributed by atoms with Crippen LogP contribution in [0.4, 0.5) is 0 Å². The lowest BCUT2D eigenvalue weighted by molar-refractivity contribution is 0.0813. The second-order valence-corrected chi connectivity index (χ2v) is 10.9. The van der Waals surface area contributed by atoms with E-state index in [0.717, 1.165) is 23.8 Å². The summed E-state index contributed by atoms with van der Waals surface area (Å²) >= 11 is 0. The molecule has 92 valence electrons. The van der Waals surface area contributed by atoms with Crippen molar-refractivity contribution < 1.29 is 4.74 Å². The molecule has 0 aromatic carbocycles. The lowest BCUT2D eigenvalue weighted by Gasteiger charge is -2.15. The molecule has 0 bridgehead atoms. The van der Waals surface area contributed by atoms with Crippen LogP contribution in [-0.2, 0) is 11.5 Å². The van der Waals surface area contributed by atoms with Gasteiger partial charge in [-0.1, -0.05) is 19.6 Å². The van der Waals surface area contributed by atoms with E-state index in [2.05, 4.69) is 34.7 Å². The predicted octanol–water partition coefficient (Wildman–Crippen LogP) is 2.14. The second-order valence-electron chi connectivity index (χ2n) is 5.26. The Bertz CT molecular complexity index is 491. The maximum absolute atomic E-state index is 5.63. The van der Waals surface area contributed by atoms with Gasteiger partial charge in [0.25, 0.3) is 0 Å². The number of aromatic nitrogens is 4. The molecule has 0 saturated carbocycles. The van der Waals surface area contributed by atoms with E-state index in [-0.39, 0.29) is 0 Å². The van der Waals surface area contributed by atoms with Gasteiger partial charge in [-0.2, -0.15) is 5.10 Å². The summed E-state index contributed by atoms with van der Waals surface area (Å²) in [5.41, 5.74) is 1.58. The first kappa shape index (κ1) is 12.2. The fourth-order valence-electron chi connectivity index (χ4n) is 1.43. The maximum Gasteiger partial charge on any atom is 0.179 e. The maximum atomic E-state index is 5.63. The van der Waals surface area contributed by atoms with E-state index in [1.807, 2.05) is 0 Å². The van der Waals surface area contributed by atoms with Crippen LogP contribution < -0.4 is 0 Å². The predicted molar refractivity (Wildman–Crippen MR) is 69.4 cm³/mol. The highest BCUT2D eigenvalue weighted by atomic mass is 28.3. The zero-order valence-corrected chi connectivity index (χ0v) is 11.6. The molecule has 0 atom stereocenters. The zero-order valence-electron chi connectivity index (χ0n) is 10.6. The Hall–Kier alpha value is -1.27. The van der Waals surface area contributed by atoms with Crippen molar-refractivity contribution >= 4 is 19.2 Å². The first-order valence-corrected chi connectivity index (χ1v) is 9.47. The van der Waals surface area contributed by atoms with Crippen molar-refractivity contribution in [2.75, 3.05) is 6.61 Å². The highest BCUT2D eigenvalue weighted by Gasteiger charge is 2.12. The topological polar surface area (TPSA) is 52.8 Å². The van der Waals surface area contributed by atoms with E-state index in [0.29, 0.717) is 6.73 Å². The molecular formula is C11H18N4OSi. The average Bonchev–Trinajstić information content (AvgIpc) is 2.67. The van der Waals surface area contributed by atoms with Gasteiger partial charge in [-0.25, -0.2) is 14.6 Å². The fraction of sp³-hybridized carbons (Fsp3) is 0.545. The van der Waals surface area contributed by atoms with Crippen LogP contribution >= 0.6 is 0 Å². The molecule has 2 rings (SSSR count). The van der Waals surface area contributed by atoms with E-state index in [1.165, 1.54) is 0 Å². The first-order valence-electron chi connectivity index (χ1n) is 5.76. The van der Waals surface area contributed by atoms with E-state index < -0.39 is 8.07 Å². The van der Waals surface area contributed by atoms with Crippen LogP contribution in [0.3, 0.4) is 0 Å². The molecule has 5 nitrogen and oxygen atoms in total. The third-order valence-corrected chi connectivity index (χ3v) is 4.18. The first-order chi connectivity index (χ1) is 8.06. The SMILES string of the molecule is C[Si](C)(C)CCOCn1ncc2nccnc21. The van der Waals surface area contributed by atoms with Crippen LogP contribution in [0.15, 0.2) is 18.6 Å². The summed E-state index contributed by atoms with van der Waals surface area (Å²) < 4.78 is 7.37. The number of hydrogen-bond donors (Lipinski definition) is 0. The summed E-state index contributed by atoms with van der Waals surface area (Å²) in [6.45, 7) is 8.26. The van der Waals surface area contributed by atoms with Crippen molar-refractivity contribution in [3.63, 3.8) is 0 Å². The van der Waals surface area contributed by atoms with E-state index in [1.54, 1.807) is 23.3 Å². The van der Waals surface area contributed by atoms with Crippen molar-refractivity contribution in [1.82, 2.24) is 19.7 Å². The van der Waals surface area contributed by atoms with Crippen LogP contribution in [0.2, 0.25) is 25.7 Å². The van der Waals surface area contributed by atoms with Crippen LogP contribution in [0, 0.1) is 0 Å². The monoisotopic (exact) mass is 250 g/mol. The van der Waals surface area contributed by atoms with Crippen molar-refractivity contribution in [1.29, 1.82) is 0 Å². The quantitative estimate of drug-likeness (QED) is 0.602. The normalized spacial score (nSPS) is 12.2. The summed E-state index contributed by atoms with van der Waals surface area (Å²) in [6, 6.07) is 1.16. The molecule has 0 radical (unpaired) electrons. The van der Waals surface area contributed by atoms with Crippen LogP contribution in [0.5, 0.6) is 0 Å². The molecule has 2 aromatic heterocycles. The van der Waals surface area contributed by atoms with Crippen LogP contribution in [-0.4, -0.2) is 34.4 Å². The number of fused-ring (bicyclic) bond motifs is 1. The molecule has 0 aliphatic heterocycles. The Morgan fingerprint density at radius 2 is 2.00 bits per heavy atom. The second kappa shape index (κ2) is 4.93. The summed E-state index contributed by atoms with van der Waals surface area (Å²) in [5, 5.41) is 4.21. The van der Waals surface area contributed by atoms with Gasteiger partial charge in [0, 0.05) is 27.1 Å². The average molecular weight is 250 g/mol. The van der Waals surface area contributed by atoms with E-state index >= 15 is 0 Å². The standard InChI is InChI=1S/C11H18N4OSi/c1-17(2,3)7-6-16-9-15-11-10(8-14-15)12-4-5-13-11/h4-5,8H,6-7,9H2,1-3H3. The van der Waals surface area contributed by atoms with E-state index in [9.17, 15) is 0 Å². The molecule has 0 amide bonds. The Morgan fingerprint density at radius 1 is 1.24 bits per heavy atom. The minimum atomic E-state index is -1.02. The third kappa shape index (κ3) is 3.34. The third-order valence-electron chi connectivity index (χ3n) is 2.48. The van der Waals surface area contributed by atoms with Crippen molar-refractivity contribution in [3.8, 4) is 0 Å². The van der Waals surface area contributed by atoms with Gasteiger partial charge in [-0.05, 0) is 6.04 Å². The van der Waals surface area contributed by atoms with Gasteiger partial charge < -0.3 is 4.74 Å². The van der Waals surface area contributed by atoms with Gasteiger partial charge in [-0.15, -0.1) is 0 Å². The number of hydrogen-bond acceptors (Lipinski definition) is 4. The molecule has 0 fully saturated rings. The van der Waals surface area contributed by atoms with E-state index in [4.69, 9.17) is 4.74 Å². The van der Waals surface area contributed by atoms with Gasteiger partial charge in [0.05, 0.1) is 6.20 Å². The highest BCUT2D eigenvalue weighted by Crippen LogP contribution is 2.09. The Kier molecular flexibility index (Phi) is 3.53. The van der Waals surface area contributed by atoms with Gasteiger partial charge in [0.15, 0.2) is 5.65 Å². The Morgan fingerprint density at radius 3 is 2.76 bits per heavy atom. The number of nitrogens with zero attached hydrogens (tertiary/aromatic N) is 4. The molecular weight excluding hydrogens is 232 g/mol. The molecule has 0 aliphatic carbocycles. The summed E-state index contributed by atoms with van der Waals surface area (Å²) in [4.78, 5) is 8.41. The van der Waals surface area contributed by atoms with Gasteiger partial charge in [0.1, 0.15) is 12.2 Å². The molecule has 0 aliphatic rings. The van der Waals surface area contributed by atoms with Crippen LogP contribution in [0.1, 0.15) is 0 Å². The summed E-state index contributed by atoms with van der Waals surface area (Å²) in [7, 11) is -1.02. The lowest BCUT2D eigenvalue weighted by atomic mass is 10.5. The molecule has 2 heterocycles. The van der Waals surface area contributed by atoms with Gasteiger partial charge in [-0.3, -0.25) is 0 Å². The van der Waals surface area contributed by atoms with Crippen molar-refractivity contribution in [2.24, 2.45) is 0 Å². The lowest BCUT2D eigenvalue weighted by Crippen LogP contribution is -2.22. The molecule has 0 saturated heterocycles. The van der Waals surface area contributed by atoms with Crippen LogP contribution in [0.25, 0.3) is 11.2 Å². The summed E-state index contributed by atoms with van der Waals surface area (Å²) in [6.07, 6.45) is 5.05. The fourth-order valence-corrected chi connectivity index (χ4v) is 2.19. The molecule has 6 heteroatoms. The van der Waals surface area contributed by atoms with Crippen molar-refractivity contribution in [2.45, 2.75) is 32.4 Å². The molecule has 0 unspecified atom stereocenters. The summed E-state index contributed by atoms with van der Waals surface area (Å²) in [5.74, 6) is 0.